The molecule has 1 aromatic heterocycles. The van der Waals surface area contributed by atoms with E-state index >= 15 is 0 Å². The third-order valence-corrected chi connectivity index (χ3v) is 5.64. The van der Waals surface area contributed by atoms with Crippen LogP contribution in [0.25, 0.3) is 10.9 Å². The number of hydrogen-bond donors (Lipinski definition) is 1. The zero-order chi connectivity index (χ0) is 20.1. The van der Waals surface area contributed by atoms with Crippen LogP contribution in [0.15, 0.2) is 54.6 Å². The molecule has 29 heavy (non-hydrogen) atoms. The van der Waals surface area contributed by atoms with E-state index in [1.54, 1.807) is 6.07 Å². The van der Waals surface area contributed by atoms with Gasteiger partial charge in [0.15, 0.2) is 0 Å². The molecule has 1 aliphatic carbocycles. The monoisotopic (exact) mass is 388 g/mol. The van der Waals surface area contributed by atoms with E-state index in [4.69, 9.17) is 4.74 Å². The topological polar surface area (TPSA) is 51.2 Å². The van der Waals surface area contributed by atoms with Gasteiger partial charge in [-0.1, -0.05) is 73.7 Å². The molecule has 0 atom stereocenters. The molecular weight excluding hydrogens is 360 g/mol. The van der Waals surface area contributed by atoms with Gasteiger partial charge >= 0.3 is 0 Å². The number of aryl methyl sites for hydroxylation is 1. The number of nitrogens with zero attached hydrogens (tertiary/aromatic N) is 1. The second-order valence-corrected chi connectivity index (χ2v) is 7.96. The van der Waals surface area contributed by atoms with Crippen LogP contribution in [0.5, 0.6) is 5.88 Å². The first kappa shape index (κ1) is 19.4. The molecule has 4 heteroatoms. The predicted octanol–water partition coefficient (Wildman–Crippen LogP) is 5.57. The molecule has 0 saturated heterocycles. The number of rotatable bonds is 5. The van der Waals surface area contributed by atoms with E-state index in [-0.39, 0.29) is 11.9 Å². The van der Waals surface area contributed by atoms with Crippen molar-refractivity contribution in [2.45, 2.75) is 58.1 Å². The summed E-state index contributed by atoms with van der Waals surface area (Å²) in [4.78, 5) is 17.7. The highest BCUT2D eigenvalue weighted by Crippen LogP contribution is 2.24. The Kier molecular flexibility index (Phi) is 6.09. The van der Waals surface area contributed by atoms with Crippen LogP contribution in [0, 0.1) is 6.92 Å². The van der Waals surface area contributed by atoms with Crippen LogP contribution in [0.1, 0.15) is 60.0 Å². The summed E-state index contributed by atoms with van der Waals surface area (Å²) in [6, 6.07) is 18.0. The Morgan fingerprint density at radius 2 is 1.76 bits per heavy atom. The molecule has 0 unspecified atom stereocenters. The minimum atomic E-state index is -0.0318. The van der Waals surface area contributed by atoms with Gasteiger partial charge in [0.05, 0.1) is 11.1 Å². The third kappa shape index (κ3) is 4.94. The summed E-state index contributed by atoms with van der Waals surface area (Å²) in [7, 11) is 0. The summed E-state index contributed by atoms with van der Waals surface area (Å²) in [5, 5.41) is 4.11. The van der Waals surface area contributed by atoms with Crippen molar-refractivity contribution in [2.24, 2.45) is 0 Å². The fourth-order valence-electron chi connectivity index (χ4n) is 3.94. The van der Waals surface area contributed by atoms with Crippen molar-refractivity contribution in [3.63, 3.8) is 0 Å². The standard InChI is InChI=1S/C25H28N2O2/c1-18-12-14-19(15-13-18)17-29-24-16-22(21-10-6-7-11-23(21)27-24)25(28)26-20-8-4-2-3-5-9-20/h6-7,10-16,20H,2-5,8-9,17H2,1H3,(H,26,28). The lowest BCUT2D eigenvalue weighted by Gasteiger charge is -2.17. The number of amides is 1. The van der Waals surface area contributed by atoms with Gasteiger partial charge in [-0.15, -0.1) is 0 Å². The smallest absolute Gasteiger partial charge is 0.252 e. The fourth-order valence-corrected chi connectivity index (χ4v) is 3.94. The number of ether oxygens (including phenoxy) is 1. The molecule has 0 spiro atoms. The molecule has 1 aliphatic rings. The zero-order valence-electron chi connectivity index (χ0n) is 17.0. The maximum absolute atomic E-state index is 13.1. The first-order valence-corrected chi connectivity index (χ1v) is 10.6. The number of pyridine rings is 1. The highest BCUT2D eigenvalue weighted by atomic mass is 16.5. The Balaban J connectivity index is 1.56. The van der Waals surface area contributed by atoms with Crippen molar-refractivity contribution < 1.29 is 9.53 Å². The molecule has 4 rings (SSSR count). The van der Waals surface area contributed by atoms with Crippen molar-refractivity contribution >= 4 is 16.8 Å². The molecular formula is C25H28N2O2. The van der Waals surface area contributed by atoms with Gasteiger partial charge < -0.3 is 10.1 Å². The number of para-hydroxylation sites is 1. The van der Waals surface area contributed by atoms with Crippen LogP contribution < -0.4 is 10.1 Å². The molecule has 0 radical (unpaired) electrons. The summed E-state index contributed by atoms with van der Waals surface area (Å²) in [5.41, 5.74) is 3.71. The number of fused-ring (bicyclic) bond motifs is 1. The Hall–Kier alpha value is -2.88. The molecule has 1 heterocycles. The van der Waals surface area contributed by atoms with Crippen molar-refractivity contribution in [1.82, 2.24) is 10.3 Å². The van der Waals surface area contributed by atoms with Gasteiger partial charge in [0, 0.05) is 17.5 Å². The fraction of sp³-hybridized carbons (Fsp3) is 0.360. The van der Waals surface area contributed by atoms with Gasteiger partial charge in [0.1, 0.15) is 6.61 Å². The lowest BCUT2D eigenvalue weighted by molar-refractivity contribution is 0.0934. The molecule has 0 aliphatic heterocycles. The quantitative estimate of drug-likeness (QED) is 0.581. The number of carbonyl (C=O) groups is 1. The molecule has 150 valence electrons. The van der Waals surface area contributed by atoms with Crippen LogP contribution in [0.3, 0.4) is 0 Å². The Morgan fingerprint density at radius 1 is 1.03 bits per heavy atom. The number of nitrogens with one attached hydrogen (secondary N) is 1. The van der Waals surface area contributed by atoms with E-state index in [0.29, 0.717) is 18.1 Å². The van der Waals surface area contributed by atoms with Gasteiger partial charge in [-0.25, -0.2) is 4.98 Å². The van der Waals surface area contributed by atoms with E-state index in [9.17, 15) is 4.79 Å². The number of benzene rings is 2. The lowest BCUT2D eigenvalue weighted by Crippen LogP contribution is -2.34. The second kappa shape index (κ2) is 9.08. The van der Waals surface area contributed by atoms with Crippen LogP contribution >= 0.6 is 0 Å². The molecule has 1 saturated carbocycles. The molecule has 1 N–H and O–H groups in total. The van der Waals surface area contributed by atoms with E-state index in [1.165, 1.54) is 31.2 Å². The third-order valence-electron chi connectivity index (χ3n) is 5.64. The molecule has 1 amide bonds. The zero-order valence-corrected chi connectivity index (χ0v) is 17.0. The second-order valence-electron chi connectivity index (χ2n) is 7.96. The predicted molar refractivity (Wildman–Crippen MR) is 116 cm³/mol. The van der Waals surface area contributed by atoms with Gasteiger partial charge in [-0.2, -0.15) is 0 Å². The van der Waals surface area contributed by atoms with Crippen molar-refractivity contribution in [2.75, 3.05) is 0 Å². The average Bonchev–Trinajstić information content (AvgIpc) is 3.01. The highest BCUT2D eigenvalue weighted by Gasteiger charge is 2.19. The molecule has 1 fully saturated rings. The highest BCUT2D eigenvalue weighted by molar-refractivity contribution is 6.06. The Labute approximate surface area is 172 Å². The number of carbonyl (C=O) groups excluding carboxylic acids is 1. The molecule has 4 nitrogen and oxygen atoms in total. The largest absolute Gasteiger partial charge is 0.473 e. The summed E-state index contributed by atoms with van der Waals surface area (Å²) in [6.45, 7) is 2.49. The van der Waals surface area contributed by atoms with Crippen LogP contribution in [0.2, 0.25) is 0 Å². The van der Waals surface area contributed by atoms with Gasteiger partial charge in [-0.3, -0.25) is 4.79 Å². The first-order chi connectivity index (χ1) is 14.2. The maximum Gasteiger partial charge on any atom is 0.252 e. The first-order valence-electron chi connectivity index (χ1n) is 10.6. The number of hydrogen-bond acceptors (Lipinski definition) is 3. The molecule has 0 bridgehead atoms. The number of aromatic nitrogens is 1. The SMILES string of the molecule is Cc1ccc(COc2cc(C(=O)NC3CCCCCC3)c3ccccc3n2)cc1. The van der Waals surface area contributed by atoms with E-state index in [0.717, 1.165) is 29.3 Å². The minimum Gasteiger partial charge on any atom is -0.473 e. The lowest BCUT2D eigenvalue weighted by atomic mass is 10.1. The van der Waals surface area contributed by atoms with E-state index in [2.05, 4.69) is 41.5 Å². The Morgan fingerprint density at radius 3 is 2.52 bits per heavy atom. The molecule has 3 aromatic rings. The van der Waals surface area contributed by atoms with Crippen molar-refractivity contribution in [3.8, 4) is 5.88 Å². The van der Waals surface area contributed by atoms with Crippen LogP contribution in [0.4, 0.5) is 0 Å². The molecule has 2 aromatic carbocycles. The van der Waals surface area contributed by atoms with E-state index < -0.39 is 0 Å². The van der Waals surface area contributed by atoms with Gasteiger partial charge in [-0.05, 0) is 31.4 Å². The Bertz CT molecular complexity index is 974. The minimum absolute atomic E-state index is 0.0318. The van der Waals surface area contributed by atoms with Gasteiger partial charge in [0.25, 0.3) is 5.91 Å². The van der Waals surface area contributed by atoms with E-state index in [1.807, 2.05) is 24.3 Å². The maximum atomic E-state index is 13.1. The summed E-state index contributed by atoms with van der Waals surface area (Å²) in [5.74, 6) is 0.450. The van der Waals surface area contributed by atoms with Crippen LogP contribution in [-0.2, 0) is 6.61 Å². The summed E-state index contributed by atoms with van der Waals surface area (Å²) in [6.07, 6.45) is 7.03. The van der Waals surface area contributed by atoms with Crippen molar-refractivity contribution in [3.05, 3.63) is 71.3 Å². The van der Waals surface area contributed by atoms with Gasteiger partial charge in [0.2, 0.25) is 5.88 Å². The summed E-state index contributed by atoms with van der Waals surface area (Å²) >= 11 is 0. The average molecular weight is 389 g/mol. The van der Waals surface area contributed by atoms with Crippen LogP contribution in [-0.4, -0.2) is 16.9 Å². The van der Waals surface area contributed by atoms with Crippen molar-refractivity contribution in [1.29, 1.82) is 0 Å². The normalized spacial score (nSPS) is 15.1. The summed E-state index contributed by atoms with van der Waals surface area (Å²) < 4.78 is 5.95.